The number of aliphatic carboxylic acids is 1. The first-order valence-corrected chi connectivity index (χ1v) is 8.66. The van der Waals surface area contributed by atoms with E-state index < -0.39 is 10.9 Å². The van der Waals surface area contributed by atoms with Crippen molar-refractivity contribution in [2.75, 3.05) is 13.1 Å². The van der Waals surface area contributed by atoms with Crippen molar-refractivity contribution >= 4 is 17.6 Å². The maximum absolute atomic E-state index is 12.1. The molecule has 1 fully saturated rings. The van der Waals surface area contributed by atoms with Crippen LogP contribution in [0.5, 0.6) is 0 Å². The van der Waals surface area contributed by atoms with E-state index in [-0.39, 0.29) is 43.2 Å². The number of carbonyl (C=O) groups is 2. The number of amides is 1. The minimum Gasteiger partial charge on any atom is -0.480 e. The van der Waals surface area contributed by atoms with Crippen molar-refractivity contribution in [3.8, 4) is 0 Å². The quantitative estimate of drug-likeness (QED) is 0.489. The molecule has 0 aliphatic heterocycles. The first-order valence-electron chi connectivity index (χ1n) is 8.66. The Labute approximate surface area is 151 Å². The van der Waals surface area contributed by atoms with Gasteiger partial charge in [0, 0.05) is 18.5 Å². The van der Waals surface area contributed by atoms with Gasteiger partial charge in [-0.25, -0.2) is 0 Å². The summed E-state index contributed by atoms with van der Waals surface area (Å²) in [6.07, 6.45) is 1.66. The Morgan fingerprint density at radius 3 is 2.58 bits per heavy atom. The molecule has 0 bridgehead atoms. The van der Waals surface area contributed by atoms with Gasteiger partial charge in [0.25, 0.3) is 0 Å². The van der Waals surface area contributed by atoms with E-state index in [0.29, 0.717) is 17.9 Å². The van der Waals surface area contributed by atoms with Gasteiger partial charge in [-0.2, -0.15) is 5.10 Å². The highest BCUT2D eigenvalue weighted by molar-refractivity contribution is 5.76. The van der Waals surface area contributed by atoms with Crippen LogP contribution in [0.1, 0.15) is 37.6 Å². The molecule has 1 aromatic rings. The topological polar surface area (TPSA) is 131 Å². The number of carbonyl (C=O) groups excluding carboxylic acids is 1. The number of rotatable bonds is 9. The number of nitrogens with zero attached hydrogens (tertiary/aromatic N) is 4. The fourth-order valence-corrected chi connectivity index (χ4v) is 3.35. The second-order valence-corrected chi connectivity index (χ2v) is 6.60. The standard InChI is InChI=1S/C16H25N5O5/c1-4-19(9-15(23)24)13-7-12(8-13)17-14(22)5-6-20-11(3)16(21(25)26)10(2)18-20/h12-13H,4-9H2,1-3H3,(H,17,22)(H,23,24). The molecule has 10 nitrogen and oxygen atoms in total. The Kier molecular flexibility index (Phi) is 6.30. The minimum absolute atomic E-state index is 0.00895. The molecule has 1 heterocycles. The summed E-state index contributed by atoms with van der Waals surface area (Å²) in [6, 6.07) is 0.227. The zero-order valence-corrected chi connectivity index (χ0v) is 15.3. The summed E-state index contributed by atoms with van der Waals surface area (Å²) in [5.41, 5.74) is 0.773. The zero-order valence-electron chi connectivity index (χ0n) is 15.3. The van der Waals surface area contributed by atoms with E-state index in [4.69, 9.17) is 5.11 Å². The number of aryl methyl sites for hydroxylation is 2. The molecular weight excluding hydrogens is 342 g/mol. The van der Waals surface area contributed by atoms with Gasteiger partial charge in [-0.05, 0) is 33.2 Å². The third kappa shape index (κ3) is 4.57. The number of hydrogen-bond donors (Lipinski definition) is 2. The lowest BCUT2D eigenvalue weighted by Gasteiger charge is -2.42. The molecule has 10 heteroatoms. The van der Waals surface area contributed by atoms with E-state index in [2.05, 4.69) is 10.4 Å². The molecule has 0 spiro atoms. The van der Waals surface area contributed by atoms with Crippen LogP contribution in [0.4, 0.5) is 5.69 Å². The Morgan fingerprint density at radius 1 is 1.42 bits per heavy atom. The van der Waals surface area contributed by atoms with Gasteiger partial charge in [0.2, 0.25) is 5.91 Å². The molecule has 1 aliphatic rings. The predicted molar refractivity (Wildman–Crippen MR) is 92.8 cm³/mol. The smallest absolute Gasteiger partial charge is 0.317 e. The van der Waals surface area contributed by atoms with Crippen LogP contribution < -0.4 is 5.32 Å². The van der Waals surface area contributed by atoms with Gasteiger partial charge in [0.1, 0.15) is 11.4 Å². The van der Waals surface area contributed by atoms with E-state index in [1.807, 2.05) is 11.8 Å². The third-order valence-corrected chi connectivity index (χ3v) is 4.82. The summed E-state index contributed by atoms with van der Waals surface area (Å²) >= 11 is 0. The summed E-state index contributed by atoms with van der Waals surface area (Å²) in [7, 11) is 0. The molecule has 2 rings (SSSR count). The largest absolute Gasteiger partial charge is 0.480 e. The SMILES string of the molecule is CCN(CC(=O)O)C1CC(NC(=O)CCn2nc(C)c([N+](=O)[O-])c2C)C1. The number of nitrogens with one attached hydrogen (secondary N) is 1. The summed E-state index contributed by atoms with van der Waals surface area (Å²) in [4.78, 5) is 35.3. The molecule has 26 heavy (non-hydrogen) atoms. The second kappa shape index (κ2) is 8.26. The fraction of sp³-hybridized carbons (Fsp3) is 0.688. The molecule has 2 N–H and O–H groups in total. The average molecular weight is 367 g/mol. The maximum atomic E-state index is 12.1. The predicted octanol–water partition coefficient (Wildman–Crippen LogP) is 0.852. The van der Waals surface area contributed by atoms with Crippen LogP contribution in [-0.2, 0) is 16.1 Å². The molecule has 0 radical (unpaired) electrons. The highest BCUT2D eigenvalue weighted by Crippen LogP contribution is 2.26. The monoisotopic (exact) mass is 367 g/mol. The lowest BCUT2D eigenvalue weighted by atomic mass is 9.85. The van der Waals surface area contributed by atoms with Gasteiger partial charge in [0.05, 0.1) is 18.0 Å². The van der Waals surface area contributed by atoms with E-state index in [9.17, 15) is 19.7 Å². The van der Waals surface area contributed by atoms with E-state index in [1.54, 1.807) is 13.8 Å². The van der Waals surface area contributed by atoms with Crippen molar-refractivity contribution in [2.24, 2.45) is 0 Å². The van der Waals surface area contributed by atoms with Crippen molar-refractivity contribution in [3.63, 3.8) is 0 Å². The molecule has 1 aliphatic carbocycles. The molecule has 1 aromatic heterocycles. The Bertz CT molecular complexity index is 695. The van der Waals surface area contributed by atoms with Gasteiger partial charge < -0.3 is 10.4 Å². The van der Waals surface area contributed by atoms with Gasteiger partial charge in [-0.1, -0.05) is 6.92 Å². The van der Waals surface area contributed by atoms with Crippen LogP contribution in [0.2, 0.25) is 0 Å². The van der Waals surface area contributed by atoms with Crippen LogP contribution >= 0.6 is 0 Å². The number of nitro groups is 1. The third-order valence-electron chi connectivity index (χ3n) is 4.82. The van der Waals surface area contributed by atoms with Gasteiger partial charge in [-0.15, -0.1) is 0 Å². The summed E-state index contributed by atoms with van der Waals surface area (Å²) in [5, 5.41) is 26.9. The van der Waals surface area contributed by atoms with E-state index in [0.717, 1.165) is 12.8 Å². The number of likely N-dealkylation sites (N-methyl/N-ethyl adjacent to an activating group) is 1. The minimum atomic E-state index is -0.849. The highest BCUT2D eigenvalue weighted by atomic mass is 16.6. The molecule has 144 valence electrons. The summed E-state index contributed by atoms with van der Waals surface area (Å²) < 4.78 is 1.49. The molecular formula is C16H25N5O5. The summed E-state index contributed by atoms with van der Waals surface area (Å²) in [6.45, 7) is 6.07. The summed E-state index contributed by atoms with van der Waals surface area (Å²) in [5.74, 6) is -0.983. The van der Waals surface area contributed by atoms with Crippen molar-refractivity contribution in [2.45, 2.75) is 58.7 Å². The maximum Gasteiger partial charge on any atom is 0.317 e. The van der Waals surface area contributed by atoms with Gasteiger partial charge in [-0.3, -0.25) is 29.3 Å². The number of carboxylic acid groups (broad SMARTS) is 1. The van der Waals surface area contributed by atoms with Crippen LogP contribution in [0, 0.1) is 24.0 Å². The van der Waals surface area contributed by atoms with Crippen LogP contribution in [-0.4, -0.2) is 61.8 Å². The van der Waals surface area contributed by atoms with Gasteiger partial charge >= 0.3 is 11.7 Å². The number of carboxylic acids is 1. The Morgan fingerprint density at radius 2 is 2.08 bits per heavy atom. The van der Waals surface area contributed by atoms with Crippen molar-refractivity contribution in [1.82, 2.24) is 20.0 Å². The Balaban J connectivity index is 1.78. The molecule has 1 amide bonds. The molecule has 0 saturated heterocycles. The zero-order chi connectivity index (χ0) is 19.4. The first kappa shape index (κ1) is 19.8. The van der Waals surface area contributed by atoms with Crippen LogP contribution in [0.15, 0.2) is 0 Å². The average Bonchev–Trinajstić information content (AvgIpc) is 2.80. The molecule has 0 aromatic carbocycles. The highest BCUT2D eigenvalue weighted by Gasteiger charge is 2.34. The normalized spacial score (nSPS) is 19.2. The molecule has 0 atom stereocenters. The number of hydrogen-bond acceptors (Lipinski definition) is 6. The molecule has 0 unspecified atom stereocenters. The molecule has 1 saturated carbocycles. The fourth-order valence-electron chi connectivity index (χ4n) is 3.35. The van der Waals surface area contributed by atoms with E-state index in [1.165, 1.54) is 4.68 Å². The second-order valence-electron chi connectivity index (χ2n) is 6.60. The van der Waals surface area contributed by atoms with E-state index >= 15 is 0 Å². The first-order chi connectivity index (χ1) is 12.2. The van der Waals surface area contributed by atoms with Crippen LogP contribution in [0.25, 0.3) is 0 Å². The Hall–Kier alpha value is -2.49. The van der Waals surface area contributed by atoms with Crippen LogP contribution in [0.3, 0.4) is 0 Å². The van der Waals surface area contributed by atoms with Crippen molar-refractivity contribution in [1.29, 1.82) is 0 Å². The van der Waals surface area contributed by atoms with Crippen molar-refractivity contribution in [3.05, 3.63) is 21.5 Å². The number of aromatic nitrogens is 2. The van der Waals surface area contributed by atoms with Gasteiger partial charge in [0.15, 0.2) is 0 Å². The lowest BCUT2D eigenvalue weighted by Crippen LogP contribution is -2.54. The van der Waals surface area contributed by atoms with Crippen molar-refractivity contribution < 1.29 is 19.6 Å². The lowest BCUT2D eigenvalue weighted by molar-refractivity contribution is -0.386.